The third-order valence-electron chi connectivity index (χ3n) is 4.20. The number of nitrogens with one attached hydrogen (secondary N) is 2. The van der Waals surface area contributed by atoms with Gasteiger partial charge in [-0.2, -0.15) is 0 Å². The summed E-state index contributed by atoms with van der Waals surface area (Å²) in [6.45, 7) is 3.89. The van der Waals surface area contributed by atoms with Crippen molar-refractivity contribution in [3.8, 4) is 5.75 Å². The van der Waals surface area contributed by atoms with Crippen LogP contribution in [0.1, 0.15) is 11.4 Å². The molecule has 2 aromatic carbocycles. The van der Waals surface area contributed by atoms with Gasteiger partial charge in [-0.05, 0) is 31.2 Å². The highest BCUT2D eigenvalue weighted by molar-refractivity contribution is 14.0. The van der Waals surface area contributed by atoms with Gasteiger partial charge < -0.3 is 19.9 Å². The maximum absolute atomic E-state index is 5.72. The maximum atomic E-state index is 5.72. The van der Waals surface area contributed by atoms with E-state index in [1.807, 2.05) is 49.5 Å². The van der Waals surface area contributed by atoms with Crippen LogP contribution in [0.4, 0.5) is 0 Å². The van der Waals surface area contributed by atoms with Crippen LogP contribution < -0.4 is 15.4 Å². The van der Waals surface area contributed by atoms with Crippen LogP contribution >= 0.6 is 24.0 Å². The van der Waals surface area contributed by atoms with E-state index in [4.69, 9.17) is 4.74 Å². The van der Waals surface area contributed by atoms with Crippen molar-refractivity contribution in [1.29, 1.82) is 0 Å². The first kappa shape index (κ1) is 21.0. The number of aromatic nitrogens is 2. The molecule has 0 radical (unpaired) electrons. The largest absolute Gasteiger partial charge is 0.492 e. The van der Waals surface area contributed by atoms with E-state index in [2.05, 4.69) is 38.2 Å². The minimum Gasteiger partial charge on any atom is -0.492 e. The van der Waals surface area contributed by atoms with Gasteiger partial charge in [0.1, 0.15) is 18.2 Å². The quantitative estimate of drug-likeness (QED) is 0.247. The van der Waals surface area contributed by atoms with E-state index in [1.165, 1.54) is 5.56 Å². The Balaban J connectivity index is 0.00000261. The van der Waals surface area contributed by atoms with Crippen molar-refractivity contribution in [2.24, 2.45) is 12.0 Å². The van der Waals surface area contributed by atoms with Gasteiger partial charge in [0.05, 0.1) is 24.1 Å². The van der Waals surface area contributed by atoms with Crippen LogP contribution in [0.5, 0.6) is 5.75 Å². The smallest absolute Gasteiger partial charge is 0.191 e. The zero-order valence-corrected chi connectivity index (χ0v) is 18.2. The first-order valence-electron chi connectivity index (χ1n) is 8.71. The summed E-state index contributed by atoms with van der Waals surface area (Å²) in [7, 11) is 3.78. The fourth-order valence-corrected chi connectivity index (χ4v) is 2.71. The summed E-state index contributed by atoms with van der Waals surface area (Å²) >= 11 is 0. The molecule has 0 aliphatic heterocycles. The number of halogens is 1. The summed E-state index contributed by atoms with van der Waals surface area (Å²) in [5, 5.41) is 6.55. The Bertz CT molecular complexity index is 889. The Labute approximate surface area is 177 Å². The predicted molar refractivity (Wildman–Crippen MR) is 121 cm³/mol. The van der Waals surface area contributed by atoms with Crippen LogP contribution in [0, 0.1) is 6.92 Å². The van der Waals surface area contributed by atoms with Crippen LogP contribution in [0.2, 0.25) is 0 Å². The molecule has 6 nitrogen and oxygen atoms in total. The molecule has 0 saturated heterocycles. The molecule has 0 bridgehead atoms. The summed E-state index contributed by atoms with van der Waals surface area (Å²) in [6.07, 6.45) is 0. The fraction of sp³-hybridized carbons (Fsp3) is 0.300. The number of aliphatic imine (C=N–C) groups is 1. The van der Waals surface area contributed by atoms with Gasteiger partial charge in [-0.15, -0.1) is 24.0 Å². The van der Waals surface area contributed by atoms with Crippen LogP contribution in [-0.2, 0) is 13.6 Å². The van der Waals surface area contributed by atoms with Crippen LogP contribution in [0.25, 0.3) is 11.0 Å². The zero-order chi connectivity index (χ0) is 18.4. The molecule has 7 heteroatoms. The SMILES string of the molecule is CN=C(NCCOc1ccc(C)cc1)NCc1nc2ccccc2n1C.I. The van der Waals surface area contributed by atoms with Crippen molar-refractivity contribution < 1.29 is 4.74 Å². The third-order valence-corrected chi connectivity index (χ3v) is 4.20. The molecule has 0 aliphatic carbocycles. The monoisotopic (exact) mass is 479 g/mol. The summed E-state index contributed by atoms with van der Waals surface area (Å²) in [4.78, 5) is 8.90. The second-order valence-corrected chi connectivity index (χ2v) is 6.09. The molecule has 0 spiro atoms. The number of hydrogen-bond donors (Lipinski definition) is 2. The third kappa shape index (κ3) is 5.59. The molecule has 1 heterocycles. The summed E-state index contributed by atoms with van der Waals surface area (Å²) in [6, 6.07) is 16.2. The highest BCUT2D eigenvalue weighted by Gasteiger charge is 2.07. The normalized spacial score (nSPS) is 11.1. The maximum Gasteiger partial charge on any atom is 0.191 e. The molecular weight excluding hydrogens is 453 g/mol. The van der Waals surface area contributed by atoms with E-state index in [-0.39, 0.29) is 24.0 Å². The standard InChI is InChI=1S/C20H25N5O.HI/c1-15-8-10-16(11-9-15)26-13-12-22-20(21-2)23-14-19-24-17-6-4-5-7-18(17)25(19)3;/h4-11H,12-14H2,1-3H3,(H2,21,22,23);1H. The topological polar surface area (TPSA) is 63.5 Å². The van der Waals surface area contributed by atoms with Gasteiger partial charge in [-0.3, -0.25) is 4.99 Å². The van der Waals surface area contributed by atoms with E-state index in [0.29, 0.717) is 19.7 Å². The lowest BCUT2D eigenvalue weighted by Crippen LogP contribution is -2.39. The Morgan fingerprint density at radius 1 is 1.11 bits per heavy atom. The molecule has 0 fully saturated rings. The molecular formula is C20H26IN5O. The molecule has 27 heavy (non-hydrogen) atoms. The highest BCUT2D eigenvalue weighted by Crippen LogP contribution is 2.14. The first-order chi connectivity index (χ1) is 12.7. The molecule has 0 amide bonds. The Morgan fingerprint density at radius 3 is 2.56 bits per heavy atom. The number of hydrogen-bond acceptors (Lipinski definition) is 3. The predicted octanol–water partition coefficient (Wildman–Crippen LogP) is 3.24. The van der Waals surface area contributed by atoms with Crippen molar-refractivity contribution in [2.45, 2.75) is 13.5 Å². The molecule has 0 aliphatic rings. The Hall–Kier alpha value is -2.29. The van der Waals surface area contributed by atoms with Crippen molar-refractivity contribution in [3.05, 3.63) is 59.9 Å². The number of imidazole rings is 1. The average Bonchev–Trinajstić information content (AvgIpc) is 2.99. The van der Waals surface area contributed by atoms with Gasteiger partial charge in [0, 0.05) is 14.1 Å². The van der Waals surface area contributed by atoms with E-state index >= 15 is 0 Å². The second-order valence-electron chi connectivity index (χ2n) is 6.09. The molecule has 3 aromatic rings. The average molecular weight is 479 g/mol. The van der Waals surface area contributed by atoms with Crippen molar-refractivity contribution in [2.75, 3.05) is 20.2 Å². The molecule has 0 atom stereocenters. The molecule has 0 unspecified atom stereocenters. The molecule has 1 aromatic heterocycles. The van der Waals surface area contributed by atoms with Crippen molar-refractivity contribution in [3.63, 3.8) is 0 Å². The number of ether oxygens (including phenoxy) is 1. The lowest BCUT2D eigenvalue weighted by Gasteiger charge is -2.12. The number of benzene rings is 2. The van der Waals surface area contributed by atoms with Gasteiger partial charge in [-0.25, -0.2) is 4.98 Å². The van der Waals surface area contributed by atoms with E-state index in [9.17, 15) is 0 Å². The van der Waals surface area contributed by atoms with Crippen LogP contribution in [-0.4, -0.2) is 35.7 Å². The summed E-state index contributed by atoms with van der Waals surface area (Å²) in [5.74, 6) is 2.56. The number of para-hydroxylation sites is 2. The van der Waals surface area contributed by atoms with Gasteiger partial charge in [0.2, 0.25) is 0 Å². The van der Waals surface area contributed by atoms with Crippen molar-refractivity contribution in [1.82, 2.24) is 20.2 Å². The van der Waals surface area contributed by atoms with Crippen LogP contribution in [0.15, 0.2) is 53.5 Å². The second kappa shape index (κ2) is 10.1. The summed E-state index contributed by atoms with van der Waals surface area (Å²) in [5.41, 5.74) is 3.35. The Morgan fingerprint density at radius 2 is 1.85 bits per heavy atom. The number of rotatable bonds is 6. The summed E-state index contributed by atoms with van der Waals surface area (Å²) < 4.78 is 7.81. The molecule has 2 N–H and O–H groups in total. The number of nitrogens with zero attached hydrogens (tertiary/aromatic N) is 3. The number of guanidine groups is 1. The first-order valence-corrected chi connectivity index (χ1v) is 8.71. The van der Waals surface area contributed by atoms with E-state index < -0.39 is 0 Å². The van der Waals surface area contributed by atoms with Gasteiger partial charge in [-0.1, -0.05) is 29.8 Å². The minimum atomic E-state index is 0. The van der Waals surface area contributed by atoms with Gasteiger partial charge >= 0.3 is 0 Å². The van der Waals surface area contributed by atoms with E-state index in [0.717, 1.165) is 28.6 Å². The number of fused-ring (bicyclic) bond motifs is 1. The van der Waals surface area contributed by atoms with Crippen molar-refractivity contribution >= 4 is 41.0 Å². The van der Waals surface area contributed by atoms with Crippen LogP contribution in [0.3, 0.4) is 0 Å². The zero-order valence-electron chi connectivity index (χ0n) is 15.9. The molecule has 0 saturated carbocycles. The molecule has 144 valence electrons. The fourth-order valence-electron chi connectivity index (χ4n) is 2.71. The lowest BCUT2D eigenvalue weighted by atomic mass is 10.2. The highest BCUT2D eigenvalue weighted by atomic mass is 127. The van der Waals surface area contributed by atoms with E-state index in [1.54, 1.807) is 7.05 Å². The van der Waals surface area contributed by atoms with Gasteiger partial charge in [0.25, 0.3) is 0 Å². The minimum absolute atomic E-state index is 0. The number of aryl methyl sites for hydroxylation is 2. The Kier molecular flexibility index (Phi) is 7.90. The van der Waals surface area contributed by atoms with Gasteiger partial charge in [0.15, 0.2) is 5.96 Å². The lowest BCUT2D eigenvalue weighted by molar-refractivity contribution is 0.322. The molecule has 3 rings (SSSR count).